The van der Waals surface area contributed by atoms with Gasteiger partial charge < -0.3 is 15.0 Å². The van der Waals surface area contributed by atoms with Gasteiger partial charge in [-0.05, 0) is 26.0 Å². The Morgan fingerprint density at radius 1 is 1.43 bits per heavy atom. The van der Waals surface area contributed by atoms with Gasteiger partial charge in [0.25, 0.3) is 0 Å². The Labute approximate surface area is 127 Å². The minimum Gasteiger partial charge on any atom is -0.490 e. The van der Waals surface area contributed by atoms with Crippen molar-refractivity contribution in [2.24, 2.45) is 10.4 Å². The third-order valence-electron chi connectivity index (χ3n) is 4.64. The molecular weight excluding hydrogens is 264 g/mol. The lowest BCUT2D eigenvalue weighted by molar-refractivity contribution is -0.0667. The zero-order chi connectivity index (χ0) is 15.5. The van der Waals surface area contributed by atoms with E-state index in [1.54, 1.807) is 12.4 Å². The molecule has 1 aromatic heterocycles. The lowest BCUT2D eigenvalue weighted by Crippen LogP contribution is -2.72. The average molecular weight is 290 g/mol. The van der Waals surface area contributed by atoms with Gasteiger partial charge in [-0.15, -0.1) is 0 Å². The number of guanidine groups is 1. The van der Waals surface area contributed by atoms with Crippen LogP contribution in [-0.2, 0) is 0 Å². The molecule has 5 nitrogen and oxygen atoms in total. The summed E-state index contributed by atoms with van der Waals surface area (Å²) in [6.07, 6.45) is 3.45. The minimum absolute atomic E-state index is 0.110. The molecule has 21 heavy (non-hydrogen) atoms. The Bertz CT molecular complexity index is 496. The number of aliphatic imine (C=N–C) groups is 1. The van der Waals surface area contributed by atoms with Crippen molar-refractivity contribution in [3.8, 4) is 5.75 Å². The number of hydrogen-bond donors (Lipinski definition) is 1. The summed E-state index contributed by atoms with van der Waals surface area (Å²) in [7, 11) is 1.83. The van der Waals surface area contributed by atoms with Crippen LogP contribution < -0.4 is 10.1 Å². The predicted molar refractivity (Wildman–Crippen MR) is 85.7 cm³/mol. The lowest BCUT2D eigenvalue weighted by Gasteiger charge is -2.62. The van der Waals surface area contributed by atoms with Crippen LogP contribution in [-0.4, -0.2) is 48.1 Å². The molecule has 0 saturated carbocycles. The van der Waals surface area contributed by atoms with E-state index in [-0.39, 0.29) is 5.54 Å². The topological polar surface area (TPSA) is 49.8 Å². The number of hydrogen-bond acceptors (Lipinski definition) is 3. The highest BCUT2D eigenvalue weighted by atomic mass is 16.5. The number of rotatable bonds is 4. The van der Waals surface area contributed by atoms with Crippen molar-refractivity contribution in [3.05, 3.63) is 24.5 Å². The molecular formula is C16H26N4O. The molecule has 2 heterocycles. The van der Waals surface area contributed by atoms with Crippen molar-refractivity contribution >= 4 is 5.96 Å². The summed E-state index contributed by atoms with van der Waals surface area (Å²) in [5.41, 5.74) is 0.413. The summed E-state index contributed by atoms with van der Waals surface area (Å²) in [4.78, 5) is 10.7. The Morgan fingerprint density at radius 2 is 2.19 bits per heavy atom. The Balaban J connectivity index is 1.80. The van der Waals surface area contributed by atoms with Crippen LogP contribution in [0.25, 0.3) is 0 Å². The second kappa shape index (κ2) is 5.92. The van der Waals surface area contributed by atoms with Crippen molar-refractivity contribution in [3.63, 3.8) is 0 Å². The standard InChI is InChI=1S/C16H26N4O/c1-15(2)12-20(16(15,3)4)14(17-5)19-9-10-21-13-7-6-8-18-11-13/h6-8,11H,9-10,12H2,1-5H3,(H,17,19). The molecule has 1 fully saturated rings. The summed E-state index contributed by atoms with van der Waals surface area (Å²) in [5.74, 6) is 1.73. The molecule has 0 aromatic carbocycles. The van der Waals surface area contributed by atoms with Gasteiger partial charge in [0.2, 0.25) is 0 Å². The number of nitrogens with one attached hydrogen (secondary N) is 1. The fourth-order valence-electron chi connectivity index (χ4n) is 2.46. The Hall–Kier alpha value is -1.78. The fraction of sp³-hybridized carbons (Fsp3) is 0.625. The molecule has 1 aliphatic rings. The number of nitrogens with zero attached hydrogens (tertiary/aromatic N) is 3. The smallest absolute Gasteiger partial charge is 0.194 e. The number of likely N-dealkylation sites (tertiary alicyclic amines) is 1. The molecule has 116 valence electrons. The van der Waals surface area contributed by atoms with Crippen molar-refractivity contribution in [1.82, 2.24) is 15.2 Å². The monoisotopic (exact) mass is 290 g/mol. The molecule has 2 rings (SSSR count). The largest absolute Gasteiger partial charge is 0.490 e. The molecule has 0 radical (unpaired) electrons. The van der Waals surface area contributed by atoms with Gasteiger partial charge in [-0.1, -0.05) is 13.8 Å². The van der Waals surface area contributed by atoms with Crippen molar-refractivity contribution in [2.75, 3.05) is 26.7 Å². The first-order valence-electron chi connectivity index (χ1n) is 7.39. The highest BCUT2D eigenvalue weighted by Crippen LogP contribution is 2.46. The minimum atomic E-state index is 0.110. The van der Waals surface area contributed by atoms with E-state index in [1.165, 1.54) is 0 Å². The van der Waals surface area contributed by atoms with E-state index in [9.17, 15) is 0 Å². The number of aromatic nitrogens is 1. The van der Waals surface area contributed by atoms with Crippen molar-refractivity contribution in [1.29, 1.82) is 0 Å². The van der Waals surface area contributed by atoms with Crippen molar-refractivity contribution in [2.45, 2.75) is 33.2 Å². The van der Waals surface area contributed by atoms with Crippen LogP contribution >= 0.6 is 0 Å². The molecule has 1 saturated heterocycles. The van der Waals surface area contributed by atoms with Gasteiger partial charge in [-0.3, -0.25) is 9.98 Å². The third-order valence-corrected chi connectivity index (χ3v) is 4.64. The van der Waals surface area contributed by atoms with E-state index in [2.05, 4.69) is 47.9 Å². The van der Waals surface area contributed by atoms with Crippen LogP contribution in [0.2, 0.25) is 0 Å². The fourth-order valence-corrected chi connectivity index (χ4v) is 2.46. The molecule has 0 bridgehead atoms. The quantitative estimate of drug-likeness (QED) is 0.524. The van der Waals surface area contributed by atoms with E-state index >= 15 is 0 Å². The SMILES string of the molecule is CN=C(NCCOc1cccnc1)N1CC(C)(C)C1(C)C. The average Bonchev–Trinajstić information content (AvgIpc) is 2.47. The number of pyridine rings is 1. The lowest BCUT2D eigenvalue weighted by atomic mass is 9.65. The van der Waals surface area contributed by atoms with E-state index in [0.717, 1.165) is 18.3 Å². The van der Waals surface area contributed by atoms with Crippen LogP contribution in [0.15, 0.2) is 29.5 Å². The highest BCUT2D eigenvalue weighted by Gasteiger charge is 2.53. The molecule has 5 heteroatoms. The molecule has 1 aromatic rings. The van der Waals surface area contributed by atoms with E-state index in [1.807, 2.05) is 19.2 Å². The van der Waals surface area contributed by atoms with Crippen LogP contribution in [0.4, 0.5) is 0 Å². The van der Waals surface area contributed by atoms with E-state index < -0.39 is 0 Å². The van der Waals surface area contributed by atoms with Crippen molar-refractivity contribution < 1.29 is 4.74 Å². The second-order valence-corrected chi connectivity index (χ2v) is 6.54. The Kier molecular flexibility index (Phi) is 4.40. The zero-order valence-electron chi connectivity index (χ0n) is 13.7. The highest BCUT2D eigenvalue weighted by molar-refractivity contribution is 5.82. The van der Waals surface area contributed by atoms with Gasteiger partial charge in [0.1, 0.15) is 12.4 Å². The van der Waals surface area contributed by atoms with Crippen LogP contribution in [0.3, 0.4) is 0 Å². The summed E-state index contributed by atoms with van der Waals surface area (Å²) in [6.45, 7) is 11.4. The molecule has 0 unspecified atom stereocenters. The van der Waals surface area contributed by atoms with E-state index in [0.29, 0.717) is 18.6 Å². The molecule has 0 amide bonds. The van der Waals surface area contributed by atoms with E-state index in [4.69, 9.17) is 4.74 Å². The summed E-state index contributed by atoms with van der Waals surface area (Å²) < 4.78 is 5.63. The third kappa shape index (κ3) is 3.12. The van der Waals surface area contributed by atoms with Gasteiger partial charge in [-0.2, -0.15) is 0 Å². The first kappa shape index (κ1) is 15.6. The molecule has 0 atom stereocenters. The van der Waals surface area contributed by atoms with Gasteiger partial charge in [-0.25, -0.2) is 0 Å². The zero-order valence-corrected chi connectivity index (χ0v) is 13.7. The maximum atomic E-state index is 5.63. The normalized spacial score (nSPS) is 19.9. The first-order valence-corrected chi connectivity index (χ1v) is 7.39. The van der Waals surface area contributed by atoms with Gasteiger partial charge >= 0.3 is 0 Å². The van der Waals surface area contributed by atoms with Gasteiger partial charge in [0.05, 0.1) is 12.7 Å². The van der Waals surface area contributed by atoms with Gasteiger partial charge in [0, 0.05) is 30.7 Å². The summed E-state index contributed by atoms with van der Waals surface area (Å²) in [6, 6.07) is 3.77. The summed E-state index contributed by atoms with van der Waals surface area (Å²) in [5, 5.41) is 3.37. The number of ether oxygens (including phenoxy) is 1. The summed E-state index contributed by atoms with van der Waals surface area (Å²) >= 11 is 0. The molecule has 1 aliphatic heterocycles. The maximum absolute atomic E-state index is 5.63. The first-order chi connectivity index (χ1) is 9.88. The van der Waals surface area contributed by atoms with Crippen LogP contribution in [0, 0.1) is 5.41 Å². The molecule has 0 spiro atoms. The maximum Gasteiger partial charge on any atom is 0.194 e. The predicted octanol–water partition coefficient (Wildman–Crippen LogP) is 2.16. The van der Waals surface area contributed by atoms with Gasteiger partial charge in [0.15, 0.2) is 5.96 Å². The Morgan fingerprint density at radius 3 is 2.71 bits per heavy atom. The molecule has 1 N–H and O–H groups in total. The second-order valence-electron chi connectivity index (χ2n) is 6.54. The van der Waals surface area contributed by atoms with Crippen LogP contribution in [0.1, 0.15) is 27.7 Å². The molecule has 0 aliphatic carbocycles. The van der Waals surface area contributed by atoms with Crippen LogP contribution in [0.5, 0.6) is 5.75 Å².